The van der Waals surface area contributed by atoms with Crippen molar-refractivity contribution in [1.29, 1.82) is 0 Å². The molecule has 1 aromatic heterocycles. The lowest BCUT2D eigenvalue weighted by Crippen LogP contribution is -2.16. The molecule has 1 fully saturated rings. The van der Waals surface area contributed by atoms with Crippen LogP contribution in [-0.4, -0.2) is 32.2 Å². The highest BCUT2D eigenvalue weighted by atomic mass is 32.2. The van der Waals surface area contributed by atoms with Gasteiger partial charge in [-0.25, -0.2) is 0 Å². The Hall–Kier alpha value is -2.15. The molecular formula is C16H18N4O2S. The Morgan fingerprint density at radius 2 is 1.96 bits per heavy atom. The van der Waals surface area contributed by atoms with Crippen molar-refractivity contribution in [2.45, 2.75) is 36.9 Å². The highest BCUT2D eigenvalue weighted by Crippen LogP contribution is 2.40. The Morgan fingerprint density at radius 1 is 1.22 bits per heavy atom. The Balaban J connectivity index is 1.69. The first-order chi connectivity index (χ1) is 11.1. The summed E-state index contributed by atoms with van der Waals surface area (Å²) in [4.78, 5) is 23.3. The van der Waals surface area contributed by atoms with Crippen molar-refractivity contribution in [3.8, 4) is 0 Å². The number of ketones is 1. The van der Waals surface area contributed by atoms with Gasteiger partial charge in [0.2, 0.25) is 5.91 Å². The molecule has 6 nitrogen and oxygen atoms in total. The number of hydrogen-bond donors (Lipinski definition) is 1. The molecule has 1 aliphatic carbocycles. The molecular weight excluding hydrogens is 312 g/mol. The predicted octanol–water partition coefficient (Wildman–Crippen LogP) is 2.01. The van der Waals surface area contributed by atoms with Gasteiger partial charge >= 0.3 is 0 Å². The first-order valence-electron chi connectivity index (χ1n) is 7.57. The minimum absolute atomic E-state index is 0.0491. The monoisotopic (exact) mass is 330 g/mol. The van der Waals surface area contributed by atoms with Gasteiger partial charge in [-0.3, -0.25) is 9.59 Å². The van der Waals surface area contributed by atoms with E-state index in [1.54, 1.807) is 12.1 Å². The van der Waals surface area contributed by atoms with E-state index < -0.39 is 0 Å². The van der Waals surface area contributed by atoms with Crippen molar-refractivity contribution < 1.29 is 9.59 Å². The third kappa shape index (κ3) is 3.98. The van der Waals surface area contributed by atoms with E-state index in [0.29, 0.717) is 28.9 Å². The van der Waals surface area contributed by atoms with Crippen molar-refractivity contribution in [1.82, 2.24) is 14.8 Å². The van der Waals surface area contributed by atoms with Crippen LogP contribution in [0.1, 0.15) is 41.4 Å². The number of aromatic nitrogens is 3. The fourth-order valence-electron chi connectivity index (χ4n) is 2.32. The molecule has 0 atom stereocenters. The van der Waals surface area contributed by atoms with Crippen LogP contribution in [0.3, 0.4) is 0 Å². The summed E-state index contributed by atoms with van der Waals surface area (Å²) in [5, 5.41) is 9.11. The van der Waals surface area contributed by atoms with Crippen molar-refractivity contribution in [3.63, 3.8) is 0 Å². The minimum atomic E-state index is -0.350. The standard InChI is InChI=1S/C16H18N4O2S/c17-14(22)8-9-20-15(12-6-7-12)18-19-16(20)23-10-13(21)11-4-2-1-3-5-11/h1-5,12H,6-10H2,(H2,17,22). The number of hydrogen-bond acceptors (Lipinski definition) is 5. The van der Waals surface area contributed by atoms with Gasteiger partial charge in [-0.05, 0) is 12.8 Å². The SMILES string of the molecule is NC(=O)CCn1c(SCC(=O)c2ccccc2)nnc1C1CC1. The summed E-state index contributed by atoms with van der Waals surface area (Å²) in [6.45, 7) is 0.468. The zero-order valence-corrected chi connectivity index (χ0v) is 13.5. The molecule has 7 heteroatoms. The molecule has 2 N–H and O–H groups in total. The van der Waals surface area contributed by atoms with E-state index in [1.807, 2.05) is 22.8 Å². The quantitative estimate of drug-likeness (QED) is 0.590. The molecule has 0 unspecified atom stereocenters. The van der Waals surface area contributed by atoms with E-state index in [9.17, 15) is 9.59 Å². The van der Waals surface area contributed by atoms with Gasteiger partial charge in [-0.2, -0.15) is 0 Å². The molecule has 1 saturated carbocycles. The molecule has 1 heterocycles. The minimum Gasteiger partial charge on any atom is -0.370 e. The van der Waals surface area contributed by atoms with Crippen LogP contribution in [0, 0.1) is 0 Å². The van der Waals surface area contributed by atoms with Crippen LogP contribution < -0.4 is 5.73 Å². The van der Waals surface area contributed by atoms with E-state index in [-0.39, 0.29) is 18.1 Å². The van der Waals surface area contributed by atoms with E-state index in [2.05, 4.69) is 10.2 Å². The first-order valence-corrected chi connectivity index (χ1v) is 8.56. The average Bonchev–Trinajstić information content (AvgIpc) is 3.32. The second-order valence-electron chi connectivity index (χ2n) is 5.56. The van der Waals surface area contributed by atoms with Crippen LogP contribution in [-0.2, 0) is 11.3 Å². The summed E-state index contributed by atoms with van der Waals surface area (Å²) in [7, 11) is 0. The predicted molar refractivity (Wildman–Crippen MR) is 87.3 cm³/mol. The number of benzene rings is 1. The van der Waals surface area contributed by atoms with Gasteiger partial charge in [0, 0.05) is 24.4 Å². The molecule has 3 rings (SSSR count). The van der Waals surface area contributed by atoms with Crippen molar-refractivity contribution in [2.24, 2.45) is 5.73 Å². The highest BCUT2D eigenvalue weighted by Gasteiger charge is 2.30. The summed E-state index contributed by atoms with van der Waals surface area (Å²) >= 11 is 1.36. The smallest absolute Gasteiger partial charge is 0.219 e. The molecule has 1 aliphatic rings. The third-order valence-electron chi connectivity index (χ3n) is 3.70. The number of carbonyl (C=O) groups is 2. The summed E-state index contributed by atoms with van der Waals surface area (Å²) < 4.78 is 1.94. The number of rotatable bonds is 8. The number of nitrogens with zero attached hydrogens (tertiary/aromatic N) is 3. The molecule has 0 saturated heterocycles. The number of amides is 1. The van der Waals surface area contributed by atoms with Gasteiger partial charge in [0.25, 0.3) is 0 Å². The normalized spacial score (nSPS) is 13.9. The molecule has 120 valence electrons. The maximum Gasteiger partial charge on any atom is 0.219 e. The molecule has 1 aromatic carbocycles. The van der Waals surface area contributed by atoms with Crippen LogP contribution in [0.15, 0.2) is 35.5 Å². The fraction of sp³-hybridized carbons (Fsp3) is 0.375. The molecule has 0 spiro atoms. The molecule has 2 aromatic rings. The largest absolute Gasteiger partial charge is 0.370 e. The van der Waals surface area contributed by atoms with E-state index >= 15 is 0 Å². The Bertz CT molecular complexity index is 710. The lowest BCUT2D eigenvalue weighted by molar-refractivity contribution is -0.118. The van der Waals surface area contributed by atoms with Gasteiger partial charge in [0.15, 0.2) is 10.9 Å². The maximum atomic E-state index is 12.2. The zero-order chi connectivity index (χ0) is 16.2. The van der Waals surface area contributed by atoms with Gasteiger partial charge in [0.1, 0.15) is 5.82 Å². The summed E-state index contributed by atoms with van der Waals surface area (Å²) in [5.74, 6) is 1.32. The third-order valence-corrected chi connectivity index (χ3v) is 4.66. The molecule has 0 bridgehead atoms. The van der Waals surface area contributed by atoms with Crippen LogP contribution >= 0.6 is 11.8 Å². The lowest BCUT2D eigenvalue weighted by Gasteiger charge is -2.08. The van der Waals surface area contributed by atoms with E-state index in [1.165, 1.54) is 11.8 Å². The van der Waals surface area contributed by atoms with Gasteiger partial charge < -0.3 is 10.3 Å². The number of thioether (sulfide) groups is 1. The number of Topliss-reactive ketones (excluding diaryl/α,β-unsaturated/α-hetero) is 1. The Labute approximate surface area is 138 Å². The van der Waals surface area contributed by atoms with Crippen LogP contribution in [0.5, 0.6) is 0 Å². The second kappa shape index (κ2) is 6.95. The van der Waals surface area contributed by atoms with Crippen molar-refractivity contribution >= 4 is 23.5 Å². The number of carbonyl (C=O) groups excluding carboxylic acids is 2. The summed E-state index contributed by atoms with van der Waals surface area (Å²) in [6.07, 6.45) is 2.45. The van der Waals surface area contributed by atoms with Crippen LogP contribution in [0.25, 0.3) is 0 Å². The van der Waals surface area contributed by atoms with Gasteiger partial charge in [-0.15, -0.1) is 10.2 Å². The Kier molecular flexibility index (Phi) is 4.76. The van der Waals surface area contributed by atoms with E-state index in [4.69, 9.17) is 5.73 Å². The fourth-order valence-corrected chi connectivity index (χ4v) is 3.19. The molecule has 0 aliphatic heterocycles. The van der Waals surface area contributed by atoms with Crippen molar-refractivity contribution in [3.05, 3.63) is 41.7 Å². The topological polar surface area (TPSA) is 90.9 Å². The first kappa shape index (κ1) is 15.7. The summed E-state index contributed by atoms with van der Waals surface area (Å²) in [5.41, 5.74) is 5.93. The Morgan fingerprint density at radius 3 is 2.61 bits per heavy atom. The van der Waals surface area contributed by atoms with Crippen molar-refractivity contribution in [2.75, 3.05) is 5.75 Å². The zero-order valence-electron chi connectivity index (χ0n) is 12.6. The molecule has 0 radical (unpaired) electrons. The highest BCUT2D eigenvalue weighted by molar-refractivity contribution is 7.99. The van der Waals surface area contributed by atoms with Crippen LogP contribution in [0.4, 0.5) is 0 Å². The number of primary amides is 1. The molecule has 23 heavy (non-hydrogen) atoms. The van der Waals surface area contributed by atoms with Crippen LogP contribution in [0.2, 0.25) is 0 Å². The number of nitrogens with two attached hydrogens (primary N) is 1. The van der Waals surface area contributed by atoms with E-state index in [0.717, 1.165) is 18.7 Å². The van der Waals surface area contributed by atoms with Gasteiger partial charge in [0.05, 0.1) is 5.75 Å². The van der Waals surface area contributed by atoms with Gasteiger partial charge in [-0.1, -0.05) is 42.1 Å². The lowest BCUT2D eigenvalue weighted by atomic mass is 10.2. The average molecular weight is 330 g/mol. The molecule has 1 amide bonds. The summed E-state index contributed by atoms with van der Waals surface area (Å²) in [6, 6.07) is 9.18. The second-order valence-corrected chi connectivity index (χ2v) is 6.50. The maximum absolute atomic E-state index is 12.2.